The number of nitriles is 1. The van der Waals surface area contributed by atoms with Gasteiger partial charge in [0, 0.05) is 12.2 Å². The van der Waals surface area contributed by atoms with E-state index in [1.807, 2.05) is 66.7 Å². The van der Waals surface area contributed by atoms with Crippen molar-refractivity contribution < 1.29 is 14.3 Å². The van der Waals surface area contributed by atoms with Crippen LogP contribution in [0.3, 0.4) is 0 Å². The molecule has 1 saturated heterocycles. The number of nitrogens with zero attached hydrogens (tertiary/aromatic N) is 2. The van der Waals surface area contributed by atoms with Crippen molar-refractivity contribution in [2.75, 3.05) is 18.6 Å². The minimum atomic E-state index is -0.486. The van der Waals surface area contributed by atoms with Crippen molar-refractivity contribution in [2.24, 2.45) is 0 Å². The zero-order valence-electron chi connectivity index (χ0n) is 20.9. The SMILES string of the molecule is CCc1ccc(CC2S/C(=C(/C#N)C(=O)NCCc3ccc(OC)cc3)N(c3ccccc3)C2=O)cc1. The van der Waals surface area contributed by atoms with Gasteiger partial charge in [0.2, 0.25) is 5.91 Å². The van der Waals surface area contributed by atoms with Crippen molar-refractivity contribution in [3.63, 3.8) is 0 Å². The molecule has 0 bridgehead atoms. The molecule has 1 aliphatic heterocycles. The molecule has 1 atom stereocenters. The Kier molecular flexibility index (Phi) is 8.65. The Hall–Kier alpha value is -4.02. The highest BCUT2D eigenvalue weighted by molar-refractivity contribution is 8.05. The van der Waals surface area contributed by atoms with Crippen molar-refractivity contribution in [2.45, 2.75) is 31.4 Å². The highest BCUT2D eigenvalue weighted by Gasteiger charge is 2.40. The number of ether oxygens (including phenoxy) is 1. The molecule has 3 aromatic carbocycles. The number of carbonyl (C=O) groups is 2. The molecular formula is C30H29N3O3S. The Balaban J connectivity index is 1.55. The molecule has 3 aromatic rings. The highest BCUT2D eigenvalue weighted by Crippen LogP contribution is 2.41. The minimum Gasteiger partial charge on any atom is -0.497 e. The van der Waals surface area contributed by atoms with Crippen LogP contribution in [-0.2, 0) is 28.9 Å². The van der Waals surface area contributed by atoms with E-state index in [2.05, 4.69) is 30.4 Å². The van der Waals surface area contributed by atoms with E-state index in [4.69, 9.17) is 4.74 Å². The molecule has 1 N–H and O–H groups in total. The molecule has 0 aliphatic carbocycles. The van der Waals surface area contributed by atoms with E-state index in [1.54, 1.807) is 7.11 Å². The number of amides is 2. The van der Waals surface area contributed by atoms with Gasteiger partial charge in [-0.1, -0.05) is 73.3 Å². The molecule has 6 nitrogen and oxygen atoms in total. The van der Waals surface area contributed by atoms with Crippen molar-refractivity contribution in [1.29, 1.82) is 5.26 Å². The topological polar surface area (TPSA) is 82.4 Å². The zero-order chi connectivity index (χ0) is 26.2. The van der Waals surface area contributed by atoms with Crippen LogP contribution in [0.5, 0.6) is 5.75 Å². The molecule has 7 heteroatoms. The molecule has 0 aromatic heterocycles. The van der Waals surface area contributed by atoms with Crippen LogP contribution >= 0.6 is 11.8 Å². The van der Waals surface area contributed by atoms with Gasteiger partial charge < -0.3 is 10.1 Å². The number of methoxy groups -OCH3 is 1. The Morgan fingerprint density at radius 1 is 1.00 bits per heavy atom. The van der Waals surface area contributed by atoms with E-state index >= 15 is 0 Å². The van der Waals surface area contributed by atoms with Crippen LogP contribution in [0.15, 0.2) is 89.5 Å². The van der Waals surface area contributed by atoms with Gasteiger partial charge in [0.05, 0.1) is 12.4 Å². The lowest BCUT2D eigenvalue weighted by molar-refractivity contribution is -0.117. The number of thioether (sulfide) groups is 1. The third-order valence-corrected chi connectivity index (χ3v) is 7.49. The molecule has 1 heterocycles. The number of carbonyl (C=O) groups excluding carboxylic acids is 2. The number of hydrogen-bond acceptors (Lipinski definition) is 5. The van der Waals surface area contributed by atoms with Gasteiger partial charge in [-0.05, 0) is 60.2 Å². The maximum Gasteiger partial charge on any atom is 0.264 e. The molecule has 2 amide bonds. The predicted molar refractivity (Wildman–Crippen MR) is 147 cm³/mol. The maximum atomic E-state index is 13.6. The molecule has 0 radical (unpaired) electrons. The second-order valence-electron chi connectivity index (χ2n) is 8.64. The summed E-state index contributed by atoms with van der Waals surface area (Å²) >= 11 is 1.28. The van der Waals surface area contributed by atoms with Crippen LogP contribution in [0.1, 0.15) is 23.6 Å². The fourth-order valence-corrected chi connectivity index (χ4v) is 5.43. The summed E-state index contributed by atoms with van der Waals surface area (Å²) in [5.41, 5.74) is 3.90. The van der Waals surface area contributed by atoms with Gasteiger partial charge in [-0.3, -0.25) is 14.5 Å². The van der Waals surface area contributed by atoms with Crippen LogP contribution in [0.2, 0.25) is 0 Å². The van der Waals surface area contributed by atoms with E-state index in [0.29, 0.717) is 30.1 Å². The van der Waals surface area contributed by atoms with Crippen LogP contribution in [0, 0.1) is 11.3 Å². The first kappa shape index (κ1) is 26.1. The normalized spacial score (nSPS) is 16.3. The maximum absolute atomic E-state index is 13.6. The smallest absolute Gasteiger partial charge is 0.264 e. The molecule has 0 spiro atoms. The minimum absolute atomic E-state index is 0.0548. The fourth-order valence-electron chi connectivity index (χ4n) is 4.13. The van der Waals surface area contributed by atoms with Crippen molar-refractivity contribution in [3.05, 3.63) is 106 Å². The van der Waals surface area contributed by atoms with Crippen LogP contribution < -0.4 is 15.0 Å². The van der Waals surface area contributed by atoms with Crippen LogP contribution in [0.4, 0.5) is 5.69 Å². The highest BCUT2D eigenvalue weighted by atomic mass is 32.2. The third-order valence-electron chi connectivity index (χ3n) is 6.23. The predicted octanol–water partition coefficient (Wildman–Crippen LogP) is 5.04. The third kappa shape index (κ3) is 6.22. The number of para-hydroxylation sites is 1. The number of anilines is 1. The quantitative estimate of drug-likeness (QED) is 0.321. The van der Waals surface area contributed by atoms with Gasteiger partial charge in [0.25, 0.3) is 5.91 Å². The standard InChI is InChI=1S/C30H29N3O3S/c1-3-21-9-11-23(12-10-21)19-27-29(35)33(24-7-5-4-6-8-24)30(37-27)26(20-31)28(34)32-18-17-22-13-15-25(36-2)16-14-22/h4-16,27H,3,17-19H2,1-2H3,(H,32,34)/b30-26-. The van der Waals surface area contributed by atoms with E-state index in [-0.39, 0.29) is 11.5 Å². The molecule has 188 valence electrons. The van der Waals surface area contributed by atoms with E-state index < -0.39 is 11.2 Å². The van der Waals surface area contributed by atoms with E-state index in [1.165, 1.54) is 22.2 Å². The molecule has 0 saturated carbocycles. The van der Waals surface area contributed by atoms with Gasteiger partial charge in [-0.15, -0.1) is 0 Å². The summed E-state index contributed by atoms with van der Waals surface area (Å²) in [4.78, 5) is 28.2. The fraction of sp³-hybridized carbons (Fsp3) is 0.233. The summed E-state index contributed by atoms with van der Waals surface area (Å²) in [7, 11) is 1.61. The summed E-state index contributed by atoms with van der Waals surface area (Å²) < 4.78 is 5.18. The second-order valence-corrected chi connectivity index (χ2v) is 9.83. The Bertz CT molecular complexity index is 1310. The van der Waals surface area contributed by atoms with Gasteiger partial charge in [-0.2, -0.15) is 5.26 Å². The van der Waals surface area contributed by atoms with Gasteiger partial charge in [0.1, 0.15) is 22.4 Å². The van der Waals surface area contributed by atoms with Crippen molar-refractivity contribution in [1.82, 2.24) is 5.32 Å². The number of hydrogen-bond donors (Lipinski definition) is 1. The number of nitrogens with one attached hydrogen (secondary N) is 1. The first-order valence-corrected chi connectivity index (χ1v) is 13.1. The van der Waals surface area contributed by atoms with Gasteiger partial charge in [-0.25, -0.2) is 0 Å². The van der Waals surface area contributed by atoms with Gasteiger partial charge >= 0.3 is 0 Å². The summed E-state index contributed by atoms with van der Waals surface area (Å²) in [5, 5.41) is 12.8. The Morgan fingerprint density at radius 3 is 2.27 bits per heavy atom. The Labute approximate surface area is 221 Å². The summed E-state index contributed by atoms with van der Waals surface area (Å²) in [6, 6.07) is 27.1. The van der Waals surface area contributed by atoms with Crippen molar-refractivity contribution >= 4 is 29.3 Å². The van der Waals surface area contributed by atoms with Crippen LogP contribution in [0.25, 0.3) is 0 Å². The summed E-state index contributed by atoms with van der Waals surface area (Å²) in [5.74, 6) is 0.147. The average Bonchev–Trinajstić information content (AvgIpc) is 3.25. The zero-order valence-corrected chi connectivity index (χ0v) is 21.8. The molecule has 1 aliphatic rings. The molecular weight excluding hydrogens is 482 g/mol. The number of aryl methyl sites for hydroxylation is 1. The molecule has 1 unspecified atom stereocenters. The summed E-state index contributed by atoms with van der Waals surface area (Å²) in [6.45, 7) is 2.46. The van der Waals surface area contributed by atoms with Crippen LogP contribution in [-0.4, -0.2) is 30.7 Å². The molecule has 1 fully saturated rings. The second kappa shape index (κ2) is 12.3. The number of benzene rings is 3. The monoisotopic (exact) mass is 511 g/mol. The summed E-state index contributed by atoms with van der Waals surface area (Å²) in [6.07, 6.45) is 2.07. The Morgan fingerprint density at radius 2 is 1.65 bits per heavy atom. The first-order chi connectivity index (χ1) is 18.0. The lowest BCUT2D eigenvalue weighted by Crippen LogP contribution is -2.32. The van der Waals surface area contributed by atoms with Crippen molar-refractivity contribution in [3.8, 4) is 11.8 Å². The first-order valence-electron chi connectivity index (χ1n) is 12.2. The molecule has 4 rings (SSSR count). The van der Waals surface area contributed by atoms with Gasteiger partial charge in [0.15, 0.2) is 0 Å². The van der Waals surface area contributed by atoms with E-state index in [9.17, 15) is 14.9 Å². The van der Waals surface area contributed by atoms with E-state index in [0.717, 1.165) is 23.3 Å². The largest absolute Gasteiger partial charge is 0.497 e. The lowest BCUT2D eigenvalue weighted by atomic mass is 10.1. The molecule has 37 heavy (non-hydrogen) atoms. The number of rotatable bonds is 9. The lowest BCUT2D eigenvalue weighted by Gasteiger charge is -2.18. The average molecular weight is 512 g/mol.